The zero-order chi connectivity index (χ0) is 14.5. The van der Waals surface area contributed by atoms with Crippen LogP contribution >= 0.6 is 15.9 Å². The standard InChI is InChI=1S/C13H19BrN4O2/c1-3-11(20-2)12(19)17-4-6-18(7-5-17)13-15-8-10(14)9-16-13/h8-9,11H,3-7H2,1-2H3/t11-/m1/s1. The molecule has 1 atom stereocenters. The van der Waals surface area contributed by atoms with Gasteiger partial charge in [-0.1, -0.05) is 6.92 Å². The normalized spacial score (nSPS) is 17.1. The lowest BCUT2D eigenvalue weighted by Crippen LogP contribution is -2.52. The van der Waals surface area contributed by atoms with E-state index in [9.17, 15) is 4.79 Å². The van der Waals surface area contributed by atoms with Crippen molar-refractivity contribution in [3.8, 4) is 0 Å². The maximum atomic E-state index is 12.2. The molecule has 6 nitrogen and oxygen atoms in total. The second kappa shape index (κ2) is 6.99. The van der Waals surface area contributed by atoms with Gasteiger partial charge in [-0.05, 0) is 22.4 Å². The monoisotopic (exact) mass is 342 g/mol. The van der Waals surface area contributed by atoms with E-state index in [2.05, 4.69) is 30.8 Å². The molecule has 0 aliphatic carbocycles. The van der Waals surface area contributed by atoms with Crippen molar-refractivity contribution in [1.29, 1.82) is 0 Å². The fraction of sp³-hybridized carbons (Fsp3) is 0.615. The fourth-order valence-electron chi connectivity index (χ4n) is 2.24. The van der Waals surface area contributed by atoms with Crippen LogP contribution in [-0.2, 0) is 9.53 Å². The zero-order valence-electron chi connectivity index (χ0n) is 11.8. The van der Waals surface area contributed by atoms with Gasteiger partial charge in [0.1, 0.15) is 6.10 Å². The summed E-state index contributed by atoms with van der Waals surface area (Å²) in [4.78, 5) is 24.7. The third-order valence-electron chi connectivity index (χ3n) is 3.41. The number of ether oxygens (including phenoxy) is 1. The molecule has 2 heterocycles. The lowest BCUT2D eigenvalue weighted by molar-refractivity contribution is -0.142. The van der Waals surface area contributed by atoms with Crippen molar-refractivity contribution in [1.82, 2.24) is 14.9 Å². The van der Waals surface area contributed by atoms with Crippen LogP contribution in [0.4, 0.5) is 5.95 Å². The lowest BCUT2D eigenvalue weighted by atomic mass is 10.2. The van der Waals surface area contributed by atoms with E-state index in [0.29, 0.717) is 25.5 Å². The van der Waals surface area contributed by atoms with Crippen LogP contribution in [0.3, 0.4) is 0 Å². The number of piperazine rings is 1. The Morgan fingerprint density at radius 3 is 2.45 bits per heavy atom. The van der Waals surface area contributed by atoms with Crippen LogP contribution in [0.5, 0.6) is 0 Å². The topological polar surface area (TPSA) is 58.6 Å². The molecule has 1 aliphatic heterocycles. The molecular formula is C13H19BrN4O2. The summed E-state index contributed by atoms with van der Waals surface area (Å²) in [5.41, 5.74) is 0. The number of hydrogen-bond donors (Lipinski definition) is 0. The van der Waals surface area contributed by atoms with Gasteiger partial charge in [0.05, 0.1) is 4.47 Å². The highest BCUT2D eigenvalue weighted by Crippen LogP contribution is 2.14. The molecule has 20 heavy (non-hydrogen) atoms. The predicted molar refractivity (Wildman–Crippen MR) is 79.6 cm³/mol. The first kappa shape index (κ1) is 15.2. The Kier molecular flexibility index (Phi) is 5.31. The van der Waals surface area contributed by atoms with Gasteiger partial charge < -0.3 is 14.5 Å². The molecule has 1 saturated heterocycles. The number of methoxy groups -OCH3 is 1. The molecule has 110 valence electrons. The van der Waals surface area contributed by atoms with Crippen LogP contribution < -0.4 is 4.90 Å². The summed E-state index contributed by atoms with van der Waals surface area (Å²) in [5.74, 6) is 0.783. The molecule has 0 spiro atoms. The Bertz CT molecular complexity index is 442. The number of carbonyl (C=O) groups is 1. The Morgan fingerprint density at radius 2 is 1.95 bits per heavy atom. The molecule has 0 saturated carbocycles. The number of anilines is 1. The first-order chi connectivity index (χ1) is 9.65. The van der Waals surface area contributed by atoms with Crippen molar-refractivity contribution >= 4 is 27.8 Å². The van der Waals surface area contributed by atoms with Crippen LogP contribution in [-0.4, -0.2) is 60.2 Å². The van der Waals surface area contributed by atoms with Gasteiger partial charge in [-0.2, -0.15) is 0 Å². The number of rotatable bonds is 4. The minimum Gasteiger partial charge on any atom is -0.372 e. The van der Waals surface area contributed by atoms with Crippen molar-refractivity contribution < 1.29 is 9.53 Å². The molecule has 1 aromatic heterocycles. The van der Waals surface area contributed by atoms with Crippen LogP contribution in [0, 0.1) is 0 Å². The summed E-state index contributed by atoms with van der Waals surface area (Å²) in [6.45, 7) is 4.80. The summed E-state index contributed by atoms with van der Waals surface area (Å²) >= 11 is 3.32. The number of aromatic nitrogens is 2. The van der Waals surface area contributed by atoms with Gasteiger partial charge in [-0.3, -0.25) is 4.79 Å². The number of amides is 1. The van der Waals surface area contributed by atoms with Crippen LogP contribution in [0.15, 0.2) is 16.9 Å². The largest absolute Gasteiger partial charge is 0.372 e. The van der Waals surface area contributed by atoms with Gasteiger partial charge in [0.15, 0.2) is 0 Å². The summed E-state index contributed by atoms with van der Waals surface area (Å²) in [6.07, 6.45) is 3.84. The van der Waals surface area contributed by atoms with Gasteiger partial charge in [0.25, 0.3) is 5.91 Å². The van der Waals surface area contributed by atoms with Crippen molar-refractivity contribution in [2.75, 3.05) is 38.2 Å². The highest BCUT2D eigenvalue weighted by molar-refractivity contribution is 9.10. The molecule has 2 rings (SSSR count). The molecule has 0 bridgehead atoms. The Hall–Kier alpha value is -1.21. The van der Waals surface area contributed by atoms with Gasteiger partial charge >= 0.3 is 0 Å². The van der Waals surface area contributed by atoms with Crippen LogP contribution in [0.1, 0.15) is 13.3 Å². The zero-order valence-corrected chi connectivity index (χ0v) is 13.3. The first-order valence-electron chi connectivity index (χ1n) is 6.69. The SMILES string of the molecule is CC[C@@H](OC)C(=O)N1CCN(c2ncc(Br)cn2)CC1. The smallest absolute Gasteiger partial charge is 0.251 e. The summed E-state index contributed by atoms with van der Waals surface area (Å²) < 4.78 is 6.07. The van der Waals surface area contributed by atoms with E-state index in [0.717, 1.165) is 17.6 Å². The molecule has 7 heteroatoms. The van der Waals surface area contributed by atoms with E-state index in [1.165, 1.54) is 0 Å². The Labute approximate surface area is 127 Å². The molecule has 0 unspecified atom stereocenters. The summed E-state index contributed by atoms with van der Waals surface area (Å²) in [5, 5.41) is 0. The van der Waals surface area contributed by atoms with Gasteiger partial charge in [0, 0.05) is 45.7 Å². The Balaban J connectivity index is 1.92. The average molecular weight is 343 g/mol. The molecule has 1 amide bonds. The number of carbonyl (C=O) groups excluding carboxylic acids is 1. The molecule has 1 aliphatic rings. The molecular weight excluding hydrogens is 324 g/mol. The van der Waals surface area contributed by atoms with E-state index in [1.54, 1.807) is 19.5 Å². The van der Waals surface area contributed by atoms with Gasteiger partial charge in [-0.15, -0.1) is 0 Å². The maximum absolute atomic E-state index is 12.2. The maximum Gasteiger partial charge on any atom is 0.251 e. The van der Waals surface area contributed by atoms with Crippen LogP contribution in [0.2, 0.25) is 0 Å². The van der Waals surface area contributed by atoms with Crippen molar-refractivity contribution in [3.63, 3.8) is 0 Å². The number of halogens is 1. The second-order valence-corrected chi connectivity index (χ2v) is 5.56. The minimum atomic E-state index is -0.328. The van der Waals surface area contributed by atoms with Crippen molar-refractivity contribution in [3.05, 3.63) is 16.9 Å². The Morgan fingerprint density at radius 1 is 1.35 bits per heavy atom. The summed E-state index contributed by atoms with van der Waals surface area (Å²) in [6, 6.07) is 0. The summed E-state index contributed by atoms with van der Waals surface area (Å²) in [7, 11) is 1.58. The number of nitrogens with zero attached hydrogens (tertiary/aromatic N) is 4. The third kappa shape index (κ3) is 3.46. The average Bonchev–Trinajstić information content (AvgIpc) is 2.49. The first-order valence-corrected chi connectivity index (χ1v) is 7.49. The molecule has 0 aromatic carbocycles. The third-order valence-corrected chi connectivity index (χ3v) is 3.82. The van der Waals surface area contributed by atoms with Crippen molar-refractivity contribution in [2.24, 2.45) is 0 Å². The minimum absolute atomic E-state index is 0.0753. The highest BCUT2D eigenvalue weighted by Gasteiger charge is 2.27. The second-order valence-electron chi connectivity index (χ2n) is 4.65. The van der Waals surface area contributed by atoms with E-state index in [4.69, 9.17) is 4.74 Å². The predicted octanol–water partition coefficient (Wildman–Crippen LogP) is 1.31. The molecule has 1 fully saturated rings. The fourth-order valence-corrected chi connectivity index (χ4v) is 2.45. The van der Waals surface area contributed by atoms with Crippen molar-refractivity contribution in [2.45, 2.75) is 19.4 Å². The van der Waals surface area contributed by atoms with E-state index in [1.807, 2.05) is 11.8 Å². The highest BCUT2D eigenvalue weighted by atomic mass is 79.9. The van der Waals surface area contributed by atoms with Gasteiger partial charge in [-0.25, -0.2) is 9.97 Å². The quantitative estimate of drug-likeness (QED) is 0.825. The number of hydrogen-bond acceptors (Lipinski definition) is 5. The van der Waals surface area contributed by atoms with Gasteiger partial charge in [0.2, 0.25) is 5.95 Å². The molecule has 0 radical (unpaired) electrons. The van der Waals surface area contributed by atoms with E-state index >= 15 is 0 Å². The van der Waals surface area contributed by atoms with E-state index in [-0.39, 0.29) is 12.0 Å². The lowest BCUT2D eigenvalue weighted by Gasteiger charge is -2.36. The molecule has 0 N–H and O–H groups in total. The molecule has 1 aromatic rings. The van der Waals surface area contributed by atoms with Crippen LogP contribution in [0.25, 0.3) is 0 Å². The van der Waals surface area contributed by atoms with E-state index < -0.39 is 0 Å².